The van der Waals surface area contributed by atoms with E-state index in [1.54, 1.807) is 19.1 Å². The van der Waals surface area contributed by atoms with E-state index in [1.807, 2.05) is 0 Å². The SMILES string of the molecule is CC(CO)NC(=O)C1=NN(Cc2ccc(F)cc2)C(=O)CC1. The fourth-order valence-corrected chi connectivity index (χ4v) is 2.00. The molecule has 0 aromatic heterocycles. The van der Waals surface area contributed by atoms with E-state index in [1.165, 1.54) is 17.1 Å². The number of hydrogen-bond donors (Lipinski definition) is 2. The van der Waals surface area contributed by atoms with Crippen LogP contribution in [0, 0.1) is 5.82 Å². The van der Waals surface area contributed by atoms with Gasteiger partial charge in [0.1, 0.15) is 11.5 Å². The number of rotatable bonds is 5. The summed E-state index contributed by atoms with van der Waals surface area (Å²) in [7, 11) is 0. The Morgan fingerprint density at radius 3 is 2.73 bits per heavy atom. The molecule has 1 unspecified atom stereocenters. The number of carbonyl (C=O) groups excluding carboxylic acids is 2. The van der Waals surface area contributed by atoms with Crippen molar-refractivity contribution in [1.82, 2.24) is 10.3 Å². The zero-order valence-electron chi connectivity index (χ0n) is 12.3. The van der Waals surface area contributed by atoms with Crippen LogP contribution in [0.5, 0.6) is 0 Å². The van der Waals surface area contributed by atoms with Gasteiger partial charge in [0.25, 0.3) is 5.91 Å². The summed E-state index contributed by atoms with van der Waals surface area (Å²) in [4.78, 5) is 23.9. The van der Waals surface area contributed by atoms with Crippen LogP contribution in [0.4, 0.5) is 4.39 Å². The van der Waals surface area contributed by atoms with Crippen molar-refractivity contribution in [3.8, 4) is 0 Å². The van der Waals surface area contributed by atoms with Gasteiger partial charge in [-0.25, -0.2) is 9.40 Å². The van der Waals surface area contributed by atoms with Gasteiger partial charge in [-0.2, -0.15) is 5.10 Å². The van der Waals surface area contributed by atoms with Crippen LogP contribution in [0.3, 0.4) is 0 Å². The van der Waals surface area contributed by atoms with Gasteiger partial charge in [-0.15, -0.1) is 0 Å². The van der Waals surface area contributed by atoms with E-state index < -0.39 is 5.91 Å². The predicted molar refractivity (Wildman–Crippen MR) is 78.3 cm³/mol. The largest absolute Gasteiger partial charge is 0.394 e. The van der Waals surface area contributed by atoms with Gasteiger partial charge >= 0.3 is 0 Å². The van der Waals surface area contributed by atoms with E-state index in [4.69, 9.17) is 5.11 Å². The molecule has 0 saturated carbocycles. The first-order valence-corrected chi connectivity index (χ1v) is 7.03. The number of aliphatic hydroxyl groups is 1. The topological polar surface area (TPSA) is 82.0 Å². The van der Waals surface area contributed by atoms with Gasteiger partial charge < -0.3 is 10.4 Å². The molecule has 1 aromatic carbocycles. The molecule has 1 aromatic rings. The Morgan fingerprint density at radius 1 is 1.41 bits per heavy atom. The van der Waals surface area contributed by atoms with E-state index in [9.17, 15) is 14.0 Å². The van der Waals surface area contributed by atoms with Crippen LogP contribution in [0.2, 0.25) is 0 Å². The molecule has 0 spiro atoms. The summed E-state index contributed by atoms with van der Waals surface area (Å²) in [6, 6.07) is 5.38. The molecule has 22 heavy (non-hydrogen) atoms. The maximum Gasteiger partial charge on any atom is 0.267 e. The number of nitrogens with one attached hydrogen (secondary N) is 1. The van der Waals surface area contributed by atoms with E-state index >= 15 is 0 Å². The van der Waals surface area contributed by atoms with Crippen LogP contribution in [0.25, 0.3) is 0 Å². The van der Waals surface area contributed by atoms with Crippen LogP contribution in [0.15, 0.2) is 29.4 Å². The molecule has 1 aliphatic rings. The second-order valence-corrected chi connectivity index (χ2v) is 5.18. The molecule has 7 heteroatoms. The number of carbonyl (C=O) groups is 2. The van der Waals surface area contributed by atoms with Crippen molar-refractivity contribution in [1.29, 1.82) is 0 Å². The Kier molecular flexibility index (Phi) is 5.21. The van der Waals surface area contributed by atoms with Crippen LogP contribution in [0.1, 0.15) is 25.3 Å². The quantitative estimate of drug-likeness (QED) is 0.844. The molecule has 2 rings (SSSR count). The highest BCUT2D eigenvalue weighted by atomic mass is 19.1. The van der Waals surface area contributed by atoms with E-state index in [-0.39, 0.29) is 49.5 Å². The fourth-order valence-electron chi connectivity index (χ4n) is 2.00. The molecule has 2 N–H and O–H groups in total. The molecule has 6 nitrogen and oxygen atoms in total. The number of amides is 2. The summed E-state index contributed by atoms with van der Waals surface area (Å²) in [5, 5.41) is 16.8. The highest BCUT2D eigenvalue weighted by Crippen LogP contribution is 2.14. The van der Waals surface area contributed by atoms with Gasteiger partial charge in [0.05, 0.1) is 13.2 Å². The maximum atomic E-state index is 12.9. The molecule has 118 valence electrons. The van der Waals surface area contributed by atoms with Gasteiger partial charge in [-0.1, -0.05) is 12.1 Å². The molecular formula is C15H18FN3O3. The minimum Gasteiger partial charge on any atom is -0.394 e. The number of benzene rings is 1. The van der Waals surface area contributed by atoms with Crippen molar-refractivity contribution in [3.05, 3.63) is 35.6 Å². The third-order valence-electron chi connectivity index (χ3n) is 3.26. The average Bonchev–Trinajstić information content (AvgIpc) is 2.51. The van der Waals surface area contributed by atoms with Gasteiger partial charge in [-0.3, -0.25) is 9.59 Å². The van der Waals surface area contributed by atoms with Gasteiger partial charge in [0, 0.05) is 18.9 Å². The lowest BCUT2D eigenvalue weighted by Crippen LogP contribution is -2.43. The lowest BCUT2D eigenvalue weighted by molar-refractivity contribution is -0.132. The van der Waals surface area contributed by atoms with Crippen LogP contribution in [-0.2, 0) is 16.1 Å². The smallest absolute Gasteiger partial charge is 0.267 e. The second-order valence-electron chi connectivity index (χ2n) is 5.18. The molecule has 0 radical (unpaired) electrons. The first-order valence-electron chi connectivity index (χ1n) is 7.03. The van der Waals surface area contributed by atoms with Gasteiger partial charge in [0.15, 0.2) is 0 Å². The van der Waals surface area contributed by atoms with E-state index in [0.29, 0.717) is 0 Å². The molecule has 1 aliphatic heterocycles. The van der Waals surface area contributed by atoms with Gasteiger partial charge in [-0.05, 0) is 24.6 Å². The summed E-state index contributed by atoms with van der Waals surface area (Å²) >= 11 is 0. The zero-order chi connectivity index (χ0) is 16.1. The number of hydrogen-bond acceptors (Lipinski definition) is 4. The van der Waals surface area contributed by atoms with E-state index in [0.717, 1.165) is 5.56 Å². The average molecular weight is 307 g/mol. The lowest BCUT2D eigenvalue weighted by Gasteiger charge is -2.23. The van der Waals surface area contributed by atoms with E-state index in [2.05, 4.69) is 10.4 Å². The summed E-state index contributed by atoms with van der Waals surface area (Å²) in [5.41, 5.74) is 0.978. The Morgan fingerprint density at radius 2 is 2.09 bits per heavy atom. The number of nitrogens with zero attached hydrogens (tertiary/aromatic N) is 2. The Hall–Kier alpha value is -2.28. The van der Waals surface area contributed by atoms with Crippen LogP contribution in [-0.4, -0.2) is 40.3 Å². The molecule has 0 fully saturated rings. The maximum absolute atomic E-state index is 12.9. The first kappa shape index (κ1) is 16.1. The van der Waals surface area contributed by atoms with Crippen molar-refractivity contribution >= 4 is 17.5 Å². The highest BCUT2D eigenvalue weighted by Gasteiger charge is 2.25. The molecule has 1 atom stereocenters. The van der Waals surface area contributed by atoms with Crippen molar-refractivity contribution in [2.75, 3.05) is 6.61 Å². The summed E-state index contributed by atoms with van der Waals surface area (Å²) in [6.07, 6.45) is 0.462. The first-order chi connectivity index (χ1) is 10.5. The molecule has 0 aliphatic carbocycles. The van der Waals surface area contributed by atoms with Crippen molar-refractivity contribution in [2.24, 2.45) is 5.10 Å². The zero-order valence-corrected chi connectivity index (χ0v) is 12.3. The molecule has 1 heterocycles. The minimum absolute atomic E-state index is 0.169. The summed E-state index contributed by atoms with van der Waals surface area (Å²) in [6.45, 7) is 1.69. The predicted octanol–water partition coefficient (Wildman–Crippen LogP) is 0.801. The normalized spacial score (nSPS) is 16.2. The lowest BCUT2D eigenvalue weighted by atomic mass is 10.1. The Balaban J connectivity index is 2.08. The molecule has 0 saturated heterocycles. The third-order valence-corrected chi connectivity index (χ3v) is 3.26. The second kappa shape index (κ2) is 7.13. The van der Waals surface area contributed by atoms with Crippen LogP contribution >= 0.6 is 0 Å². The molecule has 2 amide bonds. The Labute approximate surface area is 127 Å². The standard InChI is InChI=1S/C15H18FN3O3/c1-10(9-20)17-15(22)13-6-7-14(21)19(18-13)8-11-2-4-12(16)5-3-11/h2-5,10,20H,6-9H2,1H3,(H,17,22). The minimum atomic E-state index is -0.391. The summed E-state index contributed by atoms with van der Waals surface area (Å²) in [5.74, 6) is -0.926. The third kappa shape index (κ3) is 4.11. The number of halogens is 1. The molecule has 0 bridgehead atoms. The van der Waals surface area contributed by atoms with Crippen molar-refractivity contribution in [3.63, 3.8) is 0 Å². The monoisotopic (exact) mass is 307 g/mol. The molecular weight excluding hydrogens is 289 g/mol. The van der Waals surface area contributed by atoms with Crippen LogP contribution < -0.4 is 5.32 Å². The Bertz CT molecular complexity index is 586. The summed E-state index contributed by atoms with van der Waals surface area (Å²) < 4.78 is 12.9. The van der Waals surface area contributed by atoms with Gasteiger partial charge in [0.2, 0.25) is 5.91 Å². The fraction of sp³-hybridized carbons (Fsp3) is 0.400. The van der Waals surface area contributed by atoms with Crippen molar-refractivity contribution in [2.45, 2.75) is 32.4 Å². The van der Waals surface area contributed by atoms with Crippen molar-refractivity contribution < 1.29 is 19.1 Å². The highest BCUT2D eigenvalue weighted by molar-refractivity contribution is 6.39. The number of aliphatic hydroxyl groups excluding tert-OH is 1. The number of hydrazone groups is 1.